The number of hydrogen-bond donors (Lipinski definition) is 2. The van der Waals surface area contributed by atoms with Gasteiger partial charge in [0.1, 0.15) is 16.5 Å². The molecule has 0 amide bonds. The lowest BCUT2D eigenvalue weighted by atomic mass is 10.0. The monoisotopic (exact) mass is 298 g/mol. The average molecular weight is 298 g/mol. The third kappa shape index (κ3) is 1.99. The Kier molecular flexibility index (Phi) is 2.81. The molecule has 0 aromatic carbocycles. The Morgan fingerprint density at radius 2 is 2.38 bits per heavy atom. The van der Waals surface area contributed by atoms with Gasteiger partial charge < -0.3 is 15.6 Å². The molecule has 0 radical (unpaired) electrons. The molecule has 2 fully saturated rings. The third-order valence-electron chi connectivity index (χ3n) is 2.64. The second-order valence-corrected chi connectivity index (χ2v) is 5.24. The lowest BCUT2D eigenvalue weighted by molar-refractivity contribution is 0.0648. The van der Waals surface area contributed by atoms with Gasteiger partial charge in [0.2, 0.25) is 0 Å². The highest BCUT2D eigenvalue weighted by Gasteiger charge is 2.50. The minimum absolute atomic E-state index is 0.0321. The molecule has 0 aliphatic carbocycles. The number of ether oxygens (including phenoxy) is 1. The van der Waals surface area contributed by atoms with Crippen LogP contribution in [0.15, 0.2) is 0 Å². The number of aliphatic hydroxyl groups is 1. The zero-order valence-electron chi connectivity index (χ0n) is 7.56. The highest BCUT2D eigenvalue weighted by atomic mass is 127. The highest BCUT2D eigenvalue weighted by Crippen LogP contribution is 2.39. The molecule has 0 aromatic rings. The number of likely N-dealkylation sites (tertiary alicyclic amines) is 1. The van der Waals surface area contributed by atoms with Crippen LogP contribution in [0.25, 0.3) is 0 Å². The highest BCUT2D eigenvalue weighted by molar-refractivity contribution is 14.1. The molecule has 0 saturated carbocycles. The van der Waals surface area contributed by atoms with Crippen LogP contribution in [-0.4, -0.2) is 39.2 Å². The number of piperidine rings is 1. The molecule has 0 spiro atoms. The van der Waals surface area contributed by atoms with Crippen molar-refractivity contribution in [2.75, 3.05) is 6.54 Å². The second-order valence-electron chi connectivity index (χ2n) is 3.97. The molecule has 2 aliphatic rings. The van der Waals surface area contributed by atoms with Gasteiger partial charge in [0.25, 0.3) is 0 Å². The number of nitrogens with two attached hydrogens (primary N) is 1. The molecule has 2 aliphatic heterocycles. The zero-order valence-corrected chi connectivity index (χ0v) is 9.72. The summed E-state index contributed by atoms with van der Waals surface area (Å²) in [5.74, 6) is 0.639. The van der Waals surface area contributed by atoms with Gasteiger partial charge in [-0.05, 0) is 12.3 Å². The largest absolute Gasteiger partial charge is 0.376 e. The lowest BCUT2D eigenvalue weighted by Crippen LogP contribution is -2.49. The Bertz CT molecular complexity index is 203. The van der Waals surface area contributed by atoms with E-state index < -0.39 is 6.23 Å². The van der Waals surface area contributed by atoms with Crippen molar-refractivity contribution in [2.45, 2.75) is 36.0 Å². The van der Waals surface area contributed by atoms with Crippen molar-refractivity contribution < 1.29 is 9.84 Å². The van der Waals surface area contributed by atoms with E-state index in [0.29, 0.717) is 12.0 Å². The van der Waals surface area contributed by atoms with Crippen molar-refractivity contribution in [1.82, 2.24) is 4.90 Å². The Labute approximate surface area is 91.6 Å². The molecule has 2 heterocycles. The van der Waals surface area contributed by atoms with Crippen LogP contribution in [0.5, 0.6) is 0 Å². The first kappa shape index (κ1) is 10.1. The van der Waals surface area contributed by atoms with E-state index in [2.05, 4.69) is 34.4 Å². The van der Waals surface area contributed by atoms with Gasteiger partial charge in [0, 0.05) is 6.54 Å². The maximum atomic E-state index is 9.27. The number of nitrogens with zero attached hydrogens (tertiary/aromatic N) is 1. The number of epoxide rings is 1. The number of halogens is 1. The summed E-state index contributed by atoms with van der Waals surface area (Å²) in [6.07, 6.45) is 0.970. The van der Waals surface area contributed by atoms with E-state index in [0.717, 1.165) is 13.0 Å². The van der Waals surface area contributed by atoms with Crippen LogP contribution in [0.2, 0.25) is 0 Å². The van der Waals surface area contributed by atoms with Crippen LogP contribution in [0, 0.1) is 5.92 Å². The molecular formula is C8H15IN2O2. The van der Waals surface area contributed by atoms with Crippen LogP contribution in [0.4, 0.5) is 0 Å². The number of alkyl halides is 1. The maximum Gasteiger partial charge on any atom is 0.138 e. The molecule has 76 valence electrons. The fraction of sp³-hybridized carbons (Fsp3) is 1.00. The number of fused-ring (bicyclic) bond motifs is 1. The van der Waals surface area contributed by atoms with Crippen LogP contribution < -0.4 is 5.73 Å². The predicted octanol–water partition coefficient (Wildman–Crippen LogP) is 0.0913. The van der Waals surface area contributed by atoms with Gasteiger partial charge in [-0.1, -0.05) is 29.5 Å². The van der Waals surface area contributed by atoms with E-state index in [1.165, 1.54) is 0 Å². The average Bonchev–Trinajstić information content (AvgIpc) is 2.79. The summed E-state index contributed by atoms with van der Waals surface area (Å²) >= 11 is 2.17. The number of rotatable bonds is 2. The second kappa shape index (κ2) is 3.62. The van der Waals surface area contributed by atoms with Gasteiger partial charge in [0.05, 0.1) is 6.10 Å². The predicted molar refractivity (Wildman–Crippen MR) is 57.2 cm³/mol. The summed E-state index contributed by atoms with van der Waals surface area (Å²) in [5.41, 5.74) is 5.44. The summed E-state index contributed by atoms with van der Waals surface area (Å²) in [6.45, 7) is 3.18. The number of hydrogen-bond acceptors (Lipinski definition) is 4. The van der Waals surface area contributed by atoms with E-state index in [1.54, 1.807) is 0 Å². The standard InChI is InChI=1S/C8H15IN2O2/c1-4-2-5-8(13-5)11(3-4)6(9)7(10)12/h4-8,12H,2-3,10H2,1H3. The van der Waals surface area contributed by atoms with Crippen molar-refractivity contribution in [3.05, 3.63) is 0 Å². The molecule has 2 saturated heterocycles. The van der Waals surface area contributed by atoms with Crippen LogP contribution in [0.1, 0.15) is 13.3 Å². The van der Waals surface area contributed by atoms with Crippen molar-refractivity contribution >= 4 is 22.6 Å². The Morgan fingerprint density at radius 1 is 1.69 bits per heavy atom. The Hall–Kier alpha value is 0.570. The van der Waals surface area contributed by atoms with Gasteiger partial charge in [-0.15, -0.1) is 0 Å². The fourth-order valence-corrected chi connectivity index (χ4v) is 2.51. The molecule has 5 heteroatoms. The molecule has 3 N–H and O–H groups in total. The van der Waals surface area contributed by atoms with Crippen LogP contribution >= 0.6 is 22.6 Å². The normalized spacial score (nSPS) is 43.8. The van der Waals surface area contributed by atoms with E-state index in [1.807, 2.05) is 0 Å². The van der Waals surface area contributed by atoms with Gasteiger partial charge >= 0.3 is 0 Å². The summed E-state index contributed by atoms with van der Waals surface area (Å²) in [6, 6.07) is 0. The summed E-state index contributed by atoms with van der Waals surface area (Å²) in [7, 11) is 0. The van der Waals surface area contributed by atoms with Gasteiger partial charge in [-0.3, -0.25) is 4.90 Å². The van der Waals surface area contributed by atoms with Gasteiger partial charge in [-0.25, -0.2) is 0 Å². The summed E-state index contributed by atoms with van der Waals surface area (Å²) in [4.78, 5) is 2.16. The van der Waals surface area contributed by atoms with E-state index in [4.69, 9.17) is 10.5 Å². The summed E-state index contributed by atoms with van der Waals surface area (Å²) in [5, 5.41) is 9.27. The summed E-state index contributed by atoms with van der Waals surface area (Å²) < 4.78 is 5.45. The molecule has 2 rings (SSSR count). The molecular weight excluding hydrogens is 283 g/mol. The van der Waals surface area contributed by atoms with Crippen LogP contribution in [0.3, 0.4) is 0 Å². The van der Waals surface area contributed by atoms with Crippen molar-refractivity contribution in [3.8, 4) is 0 Å². The van der Waals surface area contributed by atoms with E-state index in [-0.39, 0.29) is 10.3 Å². The molecule has 4 nitrogen and oxygen atoms in total. The molecule has 0 bridgehead atoms. The quantitative estimate of drug-likeness (QED) is 0.249. The van der Waals surface area contributed by atoms with E-state index >= 15 is 0 Å². The minimum Gasteiger partial charge on any atom is -0.376 e. The first-order valence-electron chi connectivity index (χ1n) is 4.58. The first-order valence-corrected chi connectivity index (χ1v) is 5.83. The van der Waals surface area contributed by atoms with Crippen molar-refractivity contribution in [1.29, 1.82) is 0 Å². The zero-order chi connectivity index (χ0) is 9.59. The van der Waals surface area contributed by atoms with Crippen LogP contribution in [-0.2, 0) is 4.74 Å². The smallest absolute Gasteiger partial charge is 0.138 e. The first-order chi connectivity index (χ1) is 6.09. The van der Waals surface area contributed by atoms with Gasteiger partial charge in [-0.2, -0.15) is 0 Å². The fourth-order valence-electron chi connectivity index (χ4n) is 1.97. The molecule has 5 unspecified atom stereocenters. The topological polar surface area (TPSA) is 62.0 Å². The minimum atomic E-state index is -0.782. The maximum absolute atomic E-state index is 9.27. The van der Waals surface area contributed by atoms with Crippen molar-refractivity contribution in [3.63, 3.8) is 0 Å². The molecule has 13 heavy (non-hydrogen) atoms. The third-order valence-corrected chi connectivity index (χ3v) is 4.09. The molecule has 0 aromatic heterocycles. The molecule has 5 atom stereocenters. The van der Waals surface area contributed by atoms with E-state index in [9.17, 15) is 5.11 Å². The number of aliphatic hydroxyl groups excluding tert-OH is 1. The van der Waals surface area contributed by atoms with Crippen molar-refractivity contribution in [2.24, 2.45) is 11.7 Å². The van der Waals surface area contributed by atoms with Gasteiger partial charge in [0.15, 0.2) is 0 Å². The SMILES string of the molecule is CC1CC2OC2N(C(I)C(N)O)C1. The Balaban J connectivity index is 1.98. The Morgan fingerprint density at radius 3 is 3.00 bits per heavy atom. The lowest BCUT2D eigenvalue weighted by Gasteiger charge is -2.32.